The number of methoxy groups -OCH3 is 1. The van der Waals surface area contributed by atoms with Crippen LogP contribution < -0.4 is 9.47 Å². The van der Waals surface area contributed by atoms with Crippen molar-refractivity contribution in [3.63, 3.8) is 0 Å². The Morgan fingerprint density at radius 3 is 2.16 bits per heavy atom. The molecule has 3 heteroatoms. The molecule has 1 aromatic heterocycles. The number of aryl methyl sites for hydroxylation is 1. The molecular formula is C16H21NO2. The first-order valence-corrected chi connectivity index (χ1v) is 6.51. The minimum absolute atomic E-state index is 0.667. The van der Waals surface area contributed by atoms with Crippen molar-refractivity contribution >= 4 is 0 Å². The van der Waals surface area contributed by atoms with Gasteiger partial charge in [0, 0.05) is 11.9 Å². The minimum atomic E-state index is 0.667. The maximum atomic E-state index is 5.74. The van der Waals surface area contributed by atoms with Crippen LogP contribution in [0.25, 0.3) is 0 Å². The number of nitrogens with zero attached hydrogens (tertiary/aromatic N) is 1. The molecule has 102 valence electrons. The Bertz CT molecular complexity index is 541. The highest BCUT2D eigenvalue weighted by atomic mass is 16.5. The van der Waals surface area contributed by atoms with Crippen LogP contribution in [0.4, 0.5) is 0 Å². The molecule has 0 atom stereocenters. The van der Waals surface area contributed by atoms with Crippen LogP contribution in [-0.2, 0) is 6.54 Å². The van der Waals surface area contributed by atoms with Gasteiger partial charge in [-0.2, -0.15) is 0 Å². The molecule has 1 heterocycles. The van der Waals surface area contributed by atoms with E-state index in [1.165, 1.54) is 16.8 Å². The highest BCUT2D eigenvalue weighted by Gasteiger charge is 2.04. The Hall–Kier alpha value is -1.90. The summed E-state index contributed by atoms with van der Waals surface area (Å²) in [5.74, 6) is 1.72. The first-order valence-electron chi connectivity index (χ1n) is 6.51. The SMILES string of the molecule is COc1ccc(OCCn2cc(C)c(C)c2C)cc1. The lowest BCUT2D eigenvalue weighted by Crippen LogP contribution is -2.08. The monoisotopic (exact) mass is 259 g/mol. The van der Waals surface area contributed by atoms with Crippen molar-refractivity contribution in [2.45, 2.75) is 27.3 Å². The van der Waals surface area contributed by atoms with Crippen LogP contribution >= 0.6 is 0 Å². The van der Waals surface area contributed by atoms with E-state index in [-0.39, 0.29) is 0 Å². The topological polar surface area (TPSA) is 23.4 Å². The van der Waals surface area contributed by atoms with Crippen molar-refractivity contribution in [2.75, 3.05) is 13.7 Å². The van der Waals surface area contributed by atoms with Gasteiger partial charge in [-0.3, -0.25) is 0 Å². The second kappa shape index (κ2) is 5.83. The average Bonchev–Trinajstić information content (AvgIpc) is 2.67. The van der Waals surface area contributed by atoms with E-state index in [1.54, 1.807) is 7.11 Å². The van der Waals surface area contributed by atoms with Gasteiger partial charge in [0.05, 0.1) is 13.7 Å². The molecule has 2 aromatic rings. The number of hydrogen-bond acceptors (Lipinski definition) is 2. The third-order valence-corrected chi connectivity index (χ3v) is 3.57. The fraction of sp³-hybridized carbons (Fsp3) is 0.375. The van der Waals surface area contributed by atoms with Crippen molar-refractivity contribution in [2.24, 2.45) is 0 Å². The molecule has 0 aliphatic heterocycles. The van der Waals surface area contributed by atoms with Crippen molar-refractivity contribution in [3.05, 3.63) is 47.3 Å². The first kappa shape index (κ1) is 13.5. The van der Waals surface area contributed by atoms with Crippen molar-refractivity contribution in [1.82, 2.24) is 4.57 Å². The third-order valence-electron chi connectivity index (χ3n) is 3.57. The Balaban J connectivity index is 1.90. The zero-order valence-corrected chi connectivity index (χ0v) is 12.1. The fourth-order valence-electron chi connectivity index (χ4n) is 2.09. The van der Waals surface area contributed by atoms with Crippen LogP contribution in [-0.4, -0.2) is 18.3 Å². The Labute approximate surface area is 114 Å². The summed E-state index contributed by atoms with van der Waals surface area (Å²) in [5, 5.41) is 0. The summed E-state index contributed by atoms with van der Waals surface area (Å²) >= 11 is 0. The number of aromatic nitrogens is 1. The summed E-state index contributed by atoms with van der Waals surface area (Å²) in [5.41, 5.74) is 4.02. The molecule has 0 radical (unpaired) electrons. The summed E-state index contributed by atoms with van der Waals surface area (Å²) in [6.45, 7) is 7.98. The van der Waals surface area contributed by atoms with Gasteiger partial charge in [0.2, 0.25) is 0 Å². The number of ether oxygens (including phenoxy) is 2. The minimum Gasteiger partial charge on any atom is -0.497 e. The van der Waals surface area contributed by atoms with Gasteiger partial charge in [-0.05, 0) is 56.2 Å². The van der Waals surface area contributed by atoms with Crippen LogP contribution in [0.1, 0.15) is 16.8 Å². The summed E-state index contributed by atoms with van der Waals surface area (Å²) in [7, 11) is 1.66. The van der Waals surface area contributed by atoms with Crippen molar-refractivity contribution in [1.29, 1.82) is 0 Å². The first-order chi connectivity index (χ1) is 9.11. The number of hydrogen-bond donors (Lipinski definition) is 0. The molecule has 19 heavy (non-hydrogen) atoms. The van der Waals surface area contributed by atoms with E-state index in [0.717, 1.165) is 18.0 Å². The second-order valence-electron chi connectivity index (χ2n) is 4.74. The lowest BCUT2D eigenvalue weighted by molar-refractivity contribution is 0.296. The lowest BCUT2D eigenvalue weighted by Gasteiger charge is -2.09. The molecule has 0 aliphatic rings. The molecule has 0 saturated heterocycles. The van der Waals surface area contributed by atoms with Gasteiger partial charge in [-0.25, -0.2) is 0 Å². The van der Waals surface area contributed by atoms with Gasteiger partial charge in [-0.1, -0.05) is 0 Å². The normalized spacial score (nSPS) is 10.5. The van der Waals surface area contributed by atoms with E-state index in [4.69, 9.17) is 9.47 Å². The van der Waals surface area contributed by atoms with E-state index in [9.17, 15) is 0 Å². The van der Waals surface area contributed by atoms with Crippen LogP contribution in [0.5, 0.6) is 11.5 Å². The maximum Gasteiger partial charge on any atom is 0.119 e. The molecule has 0 spiro atoms. The average molecular weight is 259 g/mol. The summed E-state index contributed by atoms with van der Waals surface area (Å²) in [6.07, 6.45) is 2.18. The lowest BCUT2D eigenvalue weighted by atomic mass is 10.2. The zero-order chi connectivity index (χ0) is 13.8. The standard InChI is InChI=1S/C16H21NO2/c1-12-11-17(14(3)13(12)2)9-10-19-16-7-5-15(18-4)6-8-16/h5-8,11H,9-10H2,1-4H3. The molecule has 0 amide bonds. The maximum absolute atomic E-state index is 5.74. The van der Waals surface area contributed by atoms with Crippen LogP contribution in [0.15, 0.2) is 30.5 Å². The summed E-state index contributed by atoms with van der Waals surface area (Å²) < 4.78 is 13.1. The van der Waals surface area contributed by atoms with Gasteiger partial charge in [0.25, 0.3) is 0 Å². The Kier molecular flexibility index (Phi) is 4.15. The largest absolute Gasteiger partial charge is 0.497 e. The molecule has 0 N–H and O–H groups in total. The van der Waals surface area contributed by atoms with E-state index in [2.05, 4.69) is 31.5 Å². The van der Waals surface area contributed by atoms with Gasteiger partial charge >= 0.3 is 0 Å². The molecule has 1 aromatic carbocycles. The fourth-order valence-corrected chi connectivity index (χ4v) is 2.09. The quantitative estimate of drug-likeness (QED) is 0.820. The molecule has 0 aliphatic carbocycles. The second-order valence-corrected chi connectivity index (χ2v) is 4.74. The summed E-state index contributed by atoms with van der Waals surface area (Å²) in [6, 6.07) is 7.67. The van der Waals surface area contributed by atoms with Gasteiger partial charge in [0.1, 0.15) is 18.1 Å². The Morgan fingerprint density at radius 2 is 1.63 bits per heavy atom. The highest BCUT2D eigenvalue weighted by molar-refractivity contribution is 5.31. The van der Waals surface area contributed by atoms with E-state index in [1.807, 2.05) is 24.3 Å². The van der Waals surface area contributed by atoms with Crippen molar-refractivity contribution < 1.29 is 9.47 Å². The predicted octanol–water partition coefficient (Wildman–Crippen LogP) is 3.50. The van der Waals surface area contributed by atoms with E-state index in [0.29, 0.717) is 6.61 Å². The van der Waals surface area contributed by atoms with E-state index < -0.39 is 0 Å². The smallest absolute Gasteiger partial charge is 0.119 e. The molecule has 0 fully saturated rings. The molecule has 0 bridgehead atoms. The van der Waals surface area contributed by atoms with Crippen LogP contribution in [0.3, 0.4) is 0 Å². The number of benzene rings is 1. The van der Waals surface area contributed by atoms with Gasteiger partial charge in [-0.15, -0.1) is 0 Å². The molecular weight excluding hydrogens is 238 g/mol. The highest BCUT2D eigenvalue weighted by Crippen LogP contribution is 2.18. The molecule has 3 nitrogen and oxygen atoms in total. The van der Waals surface area contributed by atoms with Crippen LogP contribution in [0, 0.1) is 20.8 Å². The zero-order valence-electron chi connectivity index (χ0n) is 12.1. The molecule has 0 unspecified atom stereocenters. The van der Waals surface area contributed by atoms with Crippen LogP contribution in [0.2, 0.25) is 0 Å². The Morgan fingerprint density at radius 1 is 1.00 bits per heavy atom. The van der Waals surface area contributed by atoms with Crippen molar-refractivity contribution in [3.8, 4) is 11.5 Å². The van der Waals surface area contributed by atoms with Gasteiger partial charge in [0.15, 0.2) is 0 Å². The van der Waals surface area contributed by atoms with Gasteiger partial charge < -0.3 is 14.0 Å². The molecule has 2 rings (SSSR count). The summed E-state index contributed by atoms with van der Waals surface area (Å²) in [4.78, 5) is 0. The molecule has 0 saturated carbocycles. The predicted molar refractivity (Wildman–Crippen MR) is 77.1 cm³/mol. The number of rotatable bonds is 5. The van der Waals surface area contributed by atoms with E-state index >= 15 is 0 Å². The third kappa shape index (κ3) is 3.11.